The number of fused-ring (bicyclic) bond motifs is 3. The van der Waals surface area contributed by atoms with E-state index in [-0.39, 0.29) is 6.10 Å². The lowest BCUT2D eigenvalue weighted by Crippen LogP contribution is -2.60. The minimum atomic E-state index is -0.580. The predicted octanol–water partition coefficient (Wildman–Crippen LogP) is 4.21. The van der Waals surface area contributed by atoms with E-state index in [9.17, 15) is 4.79 Å². The van der Waals surface area contributed by atoms with Crippen LogP contribution in [-0.2, 0) is 11.2 Å². The van der Waals surface area contributed by atoms with Crippen molar-refractivity contribution in [3.8, 4) is 17.3 Å². The molecule has 3 fully saturated rings. The fourth-order valence-electron chi connectivity index (χ4n) is 5.00. The zero-order valence-corrected chi connectivity index (χ0v) is 19.9. The molecular weight excluding hydrogens is 430 g/mol. The van der Waals surface area contributed by atoms with E-state index in [0.717, 1.165) is 32.4 Å². The summed E-state index contributed by atoms with van der Waals surface area (Å²) in [6.45, 7) is 7.76. The van der Waals surface area contributed by atoms with Crippen LogP contribution in [0.2, 0.25) is 0 Å². The number of pyridine rings is 1. The van der Waals surface area contributed by atoms with Gasteiger partial charge in [0.15, 0.2) is 0 Å². The maximum absolute atomic E-state index is 12.6. The molecular formula is C26H31N5O3. The first kappa shape index (κ1) is 22.5. The lowest BCUT2D eigenvalue weighted by atomic mass is 9.78. The van der Waals surface area contributed by atoms with Crippen molar-refractivity contribution in [1.29, 1.82) is 0 Å². The molecule has 0 aliphatic carbocycles. The van der Waals surface area contributed by atoms with Gasteiger partial charge in [0, 0.05) is 24.7 Å². The number of ether oxygens (including phenoxy) is 2. The maximum atomic E-state index is 12.6. The van der Waals surface area contributed by atoms with Crippen molar-refractivity contribution in [2.24, 2.45) is 5.92 Å². The normalized spacial score (nSPS) is 24.1. The third-order valence-corrected chi connectivity index (χ3v) is 6.55. The molecule has 0 unspecified atom stereocenters. The van der Waals surface area contributed by atoms with Gasteiger partial charge in [-0.15, -0.1) is 10.2 Å². The van der Waals surface area contributed by atoms with E-state index in [0.29, 0.717) is 29.2 Å². The van der Waals surface area contributed by atoms with Gasteiger partial charge < -0.3 is 9.47 Å². The first-order valence-corrected chi connectivity index (χ1v) is 11.9. The van der Waals surface area contributed by atoms with Crippen LogP contribution in [0.5, 0.6) is 5.88 Å². The van der Waals surface area contributed by atoms with Crippen LogP contribution in [0.4, 0.5) is 4.79 Å². The smallest absolute Gasteiger partial charge is 0.419 e. The van der Waals surface area contributed by atoms with Crippen LogP contribution < -0.4 is 4.74 Å². The minimum absolute atomic E-state index is 0.0634. The third kappa shape index (κ3) is 4.82. The van der Waals surface area contributed by atoms with E-state index in [1.807, 2.05) is 51.2 Å². The standard InChI is InChI=1S/C26H31N5O3/c1-26(2,3)34-25(32)31-13-5-7-21(31)20-8-9-23(29-28-20)33-24-19-10-14-30(15-11-19)22(24)16-18-6-4-12-27-17-18/h4-9,12-13,17,19,22,24H,10-11,14-16H2,1-3H3/t22-,24+/m1/s1. The van der Waals surface area contributed by atoms with Crippen LogP contribution in [0.25, 0.3) is 11.4 Å². The van der Waals surface area contributed by atoms with Gasteiger partial charge in [0.05, 0.1) is 11.7 Å². The van der Waals surface area contributed by atoms with Crippen molar-refractivity contribution in [2.75, 3.05) is 13.1 Å². The minimum Gasteiger partial charge on any atom is -0.471 e. The van der Waals surface area contributed by atoms with Gasteiger partial charge in [0.2, 0.25) is 5.88 Å². The van der Waals surface area contributed by atoms with Gasteiger partial charge in [-0.2, -0.15) is 0 Å². The highest BCUT2D eigenvalue weighted by Crippen LogP contribution is 2.36. The first-order chi connectivity index (χ1) is 16.4. The summed E-state index contributed by atoms with van der Waals surface area (Å²) in [4.78, 5) is 19.4. The molecule has 6 heterocycles. The van der Waals surface area contributed by atoms with Crippen molar-refractivity contribution in [2.45, 2.75) is 57.8 Å². The molecule has 0 spiro atoms. The number of aromatic nitrogens is 4. The molecule has 178 valence electrons. The summed E-state index contributed by atoms with van der Waals surface area (Å²) >= 11 is 0. The maximum Gasteiger partial charge on any atom is 0.419 e. The molecule has 2 atom stereocenters. The fourth-order valence-corrected chi connectivity index (χ4v) is 5.00. The van der Waals surface area contributed by atoms with Gasteiger partial charge in [-0.05, 0) is 88.9 Å². The zero-order valence-electron chi connectivity index (χ0n) is 19.9. The number of rotatable bonds is 5. The molecule has 3 aliphatic heterocycles. The SMILES string of the molecule is CC(C)(C)OC(=O)n1cccc1-c1ccc(O[C@H]2C3CCN(CC3)[C@@H]2Cc2cccnc2)nn1. The second kappa shape index (κ2) is 9.18. The van der Waals surface area contributed by atoms with Crippen LogP contribution in [0.15, 0.2) is 55.0 Å². The molecule has 0 N–H and O–H groups in total. The molecule has 8 nitrogen and oxygen atoms in total. The van der Waals surface area contributed by atoms with Gasteiger partial charge in [-0.1, -0.05) is 6.07 Å². The number of nitrogens with zero attached hydrogens (tertiary/aromatic N) is 5. The monoisotopic (exact) mass is 461 g/mol. The predicted molar refractivity (Wildman–Crippen MR) is 128 cm³/mol. The van der Waals surface area contributed by atoms with Crippen LogP contribution in [0.1, 0.15) is 39.2 Å². The second-order valence-electron chi connectivity index (χ2n) is 10.1. The summed E-state index contributed by atoms with van der Waals surface area (Å²) in [7, 11) is 0. The van der Waals surface area contributed by atoms with Gasteiger partial charge in [0.25, 0.3) is 0 Å². The highest BCUT2D eigenvalue weighted by atomic mass is 16.6. The Morgan fingerprint density at radius 2 is 1.91 bits per heavy atom. The fraction of sp³-hybridized carbons (Fsp3) is 0.462. The molecule has 3 aromatic heterocycles. The average molecular weight is 462 g/mol. The molecule has 3 aromatic rings. The number of hydrogen-bond acceptors (Lipinski definition) is 7. The Labute approximate surface area is 199 Å². The van der Waals surface area contributed by atoms with Gasteiger partial charge in [0.1, 0.15) is 17.4 Å². The van der Waals surface area contributed by atoms with Crippen LogP contribution in [0.3, 0.4) is 0 Å². The van der Waals surface area contributed by atoms with Gasteiger partial charge in [-0.25, -0.2) is 4.79 Å². The second-order valence-corrected chi connectivity index (χ2v) is 10.1. The van der Waals surface area contributed by atoms with E-state index in [1.165, 1.54) is 10.1 Å². The Morgan fingerprint density at radius 3 is 2.59 bits per heavy atom. The van der Waals surface area contributed by atoms with Crippen molar-refractivity contribution in [3.63, 3.8) is 0 Å². The Kier molecular flexibility index (Phi) is 6.08. The Morgan fingerprint density at radius 1 is 1.09 bits per heavy atom. The quantitative estimate of drug-likeness (QED) is 0.563. The van der Waals surface area contributed by atoms with Crippen LogP contribution in [0, 0.1) is 5.92 Å². The van der Waals surface area contributed by atoms with Crippen molar-refractivity contribution in [1.82, 2.24) is 24.6 Å². The first-order valence-electron chi connectivity index (χ1n) is 11.9. The van der Waals surface area contributed by atoms with Crippen LogP contribution >= 0.6 is 0 Å². The highest BCUT2D eigenvalue weighted by Gasteiger charge is 2.43. The summed E-state index contributed by atoms with van der Waals surface area (Å²) in [5.41, 5.74) is 1.86. The summed E-state index contributed by atoms with van der Waals surface area (Å²) in [6.07, 6.45) is 8.23. The van der Waals surface area contributed by atoms with E-state index < -0.39 is 11.7 Å². The van der Waals surface area contributed by atoms with E-state index in [2.05, 4.69) is 26.1 Å². The Hall–Kier alpha value is -3.26. The van der Waals surface area contributed by atoms with E-state index in [1.54, 1.807) is 18.5 Å². The topological polar surface area (TPSA) is 82.4 Å². The number of hydrogen-bond donors (Lipinski definition) is 0. The molecule has 2 bridgehead atoms. The molecule has 0 saturated carbocycles. The van der Waals surface area contributed by atoms with Crippen LogP contribution in [-0.4, -0.2) is 61.6 Å². The molecule has 3 saturated heterocycles. The van der Waals surface area contributed by atoms with Gasteiger partial charge >= 0.3 is 6.09 Å². The van der Waals surface area contributed by atoms with E-state index >= 15 is 0 Å². The van der Waals surface area contributed by atoms with Crippen molar-refractivity contribution in [3.05, 3.63) is 60.6 Å². The third-order valence-electron chi connectivity index (χ3n) is 6.55. The van der Waals surface area contributed by atoms with Gasteiger partial charge in [-0.3, -0.25) is 14.5 Å². The molecule has 34 heavy (non-hydrogen) atoms. The molecule has 0 amide bonds. The summed E-state index contributed by atoms with van der Waals surface area (Å²) in [5.74, 6) is 1.02. The summed E-state index contributed by atoms with van der Waals surface area (Å²) in [5, 5.41) is 8.73. The molecule has 0 radical (unpaired) electrons. The molecule has 3 aliphatic rings. The lowest BCUT2D eigenvalue weighted by molar-refractivity contribution is -0.0599. The lowest BCUT2D eigenvalue weighted by Gasteiger charge is -2.50. The zero-order chi connectivity index (χ0) is 23.7. The van der Waals surface area contributed by atoms with Crippen molar-refractivity contribution >= 4 is 6.09 Å². The van der Waals surface area contributed by atoms with Crippen molar-refractivity contribution < 1.29 is 14.3 Å². The largest absolute Gasteiger partial charge is 0.471 e. The Balaban J connectivity index is 1.32. The molecule has 8 heteroatoms. The van der Waals surface area contributed by atoms with E-state index in [4.69, 9.17) is 9.47 Å². The average Bonchev–Trinajstić information content (AvgIpc) is 3.32. The summed E-state index contributed by atoms with van der Waals surface area (Å²) in [6, 6.07) is 11.7. The molecule has 6 rings (SSSR count). The number of carbonyl (C=O) groups is 1. The number of carbonyl (C=O) groups excluding carboxylic acids is 1. The summed E-state index contributed by atoms with van der Waals surface area (Å²) < 4.78 is 13.4. The highest BCUT2D eigenvalue weighted by molar-refractivity contribution is 5.77. The number of piperidine rings is 3. The Bertz CT molecular complexity index is 1120. The molecule has 0 aromatic carbocycles.